The second-order valence-electron chi connectivity index (χ2n) is 4.37. The van der Waals surface area contributed by atoms with E-state index in [-0.39, 0.29) is 29.2 Å². The Bertz CT molecular complexity index is 782. The lowest BCUT2D eigenvalue weighted by Crippen LogP contribution is -2.21. The molecule has 0 bridgehead atoms. The summed E-state index contributed by atoms with van der Waals surface area (Å²) in [6.45, 7) is 1.70. The minimum atomic E-state index is -1.76. The van der Waals surface area contributed by atoms with Gasteiger partial charge in [0.1, 0.15) is 22.3 Å². The largest absolute Gasteiger partial charge is 0.506 e. The predicted octanol–water partition coefficient (Wildman–Crippen LogP) is 0.894. The second-order valence-corrected chi connectivity index (χ2v) is 5.64. The number of benzene rings is 1. The number of hydrogen-bond donors (Lipinski definition) is 3. The van der Waals surface area contributed by atoms with Crippen LogP contribution in [-0.4, -0.2) is 26.9 Å². The van der Waals surface area contributed by atoms with E-state index in [1.165, 1.54) is 18.2 Å². The molecule has 0 saturated heterocycles. The number of nitrogens with one attached hydrogen (secondary N) is 1. The van der Waals surface area contributed by atoms with Gasteiger partial charge in [0, 0.05) is 24.1 Å². The summed E-state index contributed by atoms with van der Waals surface area (Å²) in [5, 5.41) is 18.9. The van der Waals surface area contributed by atoms with E-state index in [4.69, 9.17) is 9.52 Å². The summed E-state index contributed by atoms with van der Waals surface area (Å²) in [5.41, 5.74) is 0.293. The van der Waals surface area contributed by atoms with Crippen molar-refractivity contribution in [3.05, 3.63) is 34.2 Å². The Hall–Kier alpha value is -2.19. The van der Waals surface area contributed by atoms with Gasteiger partial charge in [-0.15, -0.1) is 0 Å². The summed E-state index contributed by atoms with van der Waals surface area (Å²) in [5.74, 6) is -1.31. The lowest BCUT2D eigenvalue weighted by atomic mass is 10.1. The minimum Gasteiger partial charge on any atom is -0.506 e. The highest BCUT2D eigenvalue weighted by molar-refractivity contribution is 7.83. The van der Waals surface area contributed by atoms with Gasteiger partial charge in [-0.3, -0.25) is 4.79 Å². The number of aromatic hydroxyl groups is 1. The van der Waals surface area contributed by atoms with Gasteiger partial charge >= 0.3 is 11.6 Å². The molecule has 0 fully saturated rings. The summed E-state index contributed by atoms with van der Waals surface area (Å²) >= 11 is 0. The zero-order valence-corrected chi connectivity index (χ0v) is 11.9. The maximum Gasteiger partial charge on any atom is 0.336 e. The Labute approximate surface area is 121 Å². The van der Waals surface area contributed by atoms with Crippen LogP contribution < -0.4 is 10.3 Å². The summed E-state index contributed by atoms with van der Waals surface area (Å²) in [4.78, 5) is 21.8. The summed E-state index contributed by atoms with van der Waals surface area (Å²) in [6.07, 6.45) is -0.187. The van der Waals surface area contributed by atoms with E-state index in [2.05, 4.69) is 4.72 Å². The Morgan fingerprint density at radius 2 is 2.10 bits per heavy atom. The maximum atomic E-state index is 12.0. The van der Waals surface area contributed by atoms with Gasteiger partial charge in [0.2, 0.25) is 0 Å². The smallest absolute Gasteiger partial charge is 0.336 e. The number of phenolic OH excluding ortho intramolecular Hbond substituents is 1. The van der Waals surface area contributed by atoms with Gasteiger partial charge in [0.25, 0.3) is 0 Å². The quantitative estimate of drug-likeness (QED) is 0.706. The maximum absolute atomic E-state index is 12.0. The Balaban J connectivity index is 2.36. The van der Waals surface area contributed by atoms with E-state index in [1.54, 1.807) is 6.92 Å². The van der Waals surface area contributed by atoms with E-state index in [9.17, 15) is 18.9 Å². The molecule has 2 aromatic rings. The molecule has 1 unspecified atom stereocenters. The molecular weight excluding hydrogens is 298 g/mol. The van der Waals surface area contributed by atoms with Crippen molar-refractivity contribution in [2.24, 2.45) is 0 Å². The van der Waals surface area contributed by atoms with Crippen molar-refractivity contribution in [3.8, 4) is 5.75 Å². The van der Waals surface area contributed by atoms with Crippen molar-refractivity contribution < 1.29 is 23.6 Å². The number of aryl methyl sites for hydroxylation is 1. The zero-order valence-electron chi connectivity index (χ0n) is 11.1. The van der Waals surface area contributed by atoms with Crippen LogP contribution in [0.3, 0.4) is 0 Å². The van der Waals surface area contributed by atoms with Crippen LogP contribution in [0.1, 0.15) is 12.0 Å². The van der Waals surface area contributed by atoms with Crippen LogP contribution in [0.2, 0.25) is 0 Å². The highest BCUT2D eigenvalue weighted by Crippen LogP contribution is 2.28. The standard InChI is InChI=1S/C13H13NO6S/c1-7-4-13(18)20-10-6-9(15)11(5-8(7)10)21(19)14-3-2-12(16)17/h4-6,14-15H,2-3H2,1H3,(H,16,17). The van der Waals surface area contributed by atoms with Crippen LogP contribution in [-0.2, 0) is 15.8 Å². The number of carboxylic acids is 1. The fourth-order valence-corrected chi connectivity index (χ4v) is 2.73. The van der Waals surface area contributed by atoms with Crippen LogP contribution in [0.25, 0.3) is 11.0 Å². The van der Waals surface area contributed by atoms with E-state index < -0.39 is 22.6 Å². The first kappa shape index (κ1) is 15.2. The molecular formula is C13H13NO6S. The fraction of sp³-hybridized carbons (Fsp3) is 0.231. The minimum absolute atomic E-state index is 0.00226. The Kier molecular flexibility index (Phi) is 4.39. The number of carbonyl (C=O) groups is 1. The number of rotatable bonds is 5. The first-order valence-corrected chi connectivity index (χ1v) is 7.18. The highest BCUT2D eigenvalue weighted by Gasteiger charge is 2.14. The van der Waals surface area contributed by atoms with Crippen LogP contribution in [0.15, 0.2) is 32.3 Å². The van der Waals surface area contributed by atoms with E-state index in [0.29, 0.717) is 10.9 Å². The fourth-order valence-electron chi connectivity index (χ4n) is 1.81. The average Bonchev–Trinajstić information content (AvgIpc) is 2.36. The van der Waals surface area contributed by atoms with Crippen molar-refractivity contribution in [2.45, 2.75) is 18.2 Å². The van der Waals surface area contributed by atoms with E-state index in [1.807, 2.05) is 0 Å². The molecule has 3 N–H and O–H groups in total. The molecule has 21 heavy (non-hydrogen) atoms. The van der Waals surface area contributed by atoms with Crippen molar-refractivity contribution in [1.82, 2.24) is 4.72 Å². The topological polar surface area (TPSA) is 117 Å². The van der Waals surface area contributed by atoms with Gasteiger partial charge in [-0.25, -0.2) is 13.7 Å². The van der Waals surface area contributed by atoms with Crippen molar-refractivity contribution in [2.75, 3.05) is 6.54 Å². The molecule has 1 aromatic heterocycles. The van der Waals surface area contributed by atoms with Crippen LogP contribution >= 0.6 is 0 Å². The Morgan fingerprint density at radius 3 is 2.76 bits per heavy atom. The second kappa shape index (κ2) is 6.06. The molecule has 2 rings (SSSR count). The lowest BCUT2D eigenvalue weighted by molar-refractivity contribution is -0.136. The molecule has 112 valence electrons. The molecule has 1 heterocycles. The van der Waals surface area contributed by atoms with Gasteiger partial charge in [-0.2, -0.15) is 0 Å². The molecule has 7 nitrogen and oxygen atoms in total. The summed E-state index contributed by atoms with van der Waals surface area (Å²) in [7, 11) is -1.76. The average molecular weight is 311 g/mol. The number of phenols is 1. The number of carboxylic acid groups (broad SMARTS) is 1. The molecule has 0 aliphatic heterocycles. The number of fused-ring (bicyclic) bond motifs is 1. The van der Waals surface area contributed by atoms with Crippen molar-refractivity contribution in [1.29, 1.82) is 0 Å². The molecule has 0 spiro atoms. The van der Waals surface area contributed by atoms with Gasteiger partial charge in [0.15, 0.2) is 0 Å². The first-order chi connectivity index (χ1) is 9.88. The van der Waals surface area contributed by atoms with Gasteiger partial charge < -0.3 is 14.6 Å². The first-order valence-electron chi connectivity index (χ1n) is 6.03. The van der Waals surface area contributed by atoms with Crippen molar-refractivity contribution >= 4 is 27.9 Å². The van der Waals surface area contributed by atoms with Gasteiger partial charge in [-0.1, -0.05) is 0 Å². The normalized spacial score (nSPS) is 12.4. The number of aliphatic carboxylic acids is 1. The molecule has 1 atom stereocenters. The van der Waals surface area contributed by atoms with E-state index in [0.717, 1.165) is 0 Å². The van der Waals surface area contributed by atoms with E-state index >= 15 is 0 Å². The SMILES string of the molecule is Cc1cc(=O)oc2cc(O)c(S(=O)NCCC(=O)O)cc12. The lowest BCUT2D eigenvalue weighted by Gasteiger charge is -2.08. The van der Waals surface area contributed by atoms with Gasteiger partial charge in [-0.05, 0) is 18.6 Å². The summed E-state index contributed by atoms with van der Waals surface area (Å²) in [6, 6.07) is 3.96. The molecule has 0 amide bonds. The Morgan fingerprint density at radius 1 is 1.38 bits per heavy atom. The molecule has 8 heteroatoms. The molecule has 0 aliphatic carbocycles. The monoisotopic (exact) mass is 311 g/mol. The summed E-state index contributed by atoms with van der Waals surface area (Å²) < 4.78 is 19.5. The third-order valence-corrected chi connectivity index (χ3v) is 4.00. The molecule has 0 saturated carbocycles. The van der Waals surface area contributed by atoms with Gasteiger partial charge in [0.05, 0.1) is 11.3 Å². The third-order valence-electron chi connectivity index (χ3n) is 2.80. The van der Waals surface area contributed by atoms with Crippen LogP contribution in [0.4, 0.5) is 0 Å². The van der Waals surface area contributed by atoms with Crippen LogP contribution in [0, 0.1) is 6.92 Å². The van der Waals surface area contributed by atoms with Crippen LogP contribution in [0.5, 0.6) is 5.75 Å². The molecule has 1 aromatic carbocycles. The zero-order chi connectivity index (χ0) is 15.6. The third kappa shape index (κ3) is 3.47. The molecule has 0 aliphatic rings. The van der Waals surface area contributed by atoms with Crippen molar-refractivity contribution in [3.63, 3.8) is 0 Å². The molecule has 0 radical (unpaired) electrons. The number of hydrogen-bond acceptors (Lipinski definition) is 5. The predicted molar refractivity (Wildman–Crippen MR) is 75.5 cm³/mol. The highest BCUT2D eigenvalue weighted by atomic mass is 32.2.